The van der Waals surface area contributed by atoms with Gasteiger partial charge in [0.1, 0.15) is 6.23 Å². The van der Waals surface area contributed by atoms with Crippen molar-refractivity contribution >= 4 is 16.0 Å². The summed E-state index contributed by atoms with van der Waals surface area (Å²) in [6, 6.07) is 0. The molecule has 0 bridgehead atoms. The predicted molar refractivity (Wildman–Crippen MR) is 138 cm³/mol. The van der Waals surface area contributed by atoms with Crippen molar-refractivity contribution < 1.29 is 28.0 Å². The van der Waals surface area contributed by atoms with Gasteiger partial charge in [0.25, 0.3) is 10.1 Å². The first-order chi connectivity index (χ1) is 16.3. The molecule has 9 heteroatoms. The van der Waals surface area contributed by atoms with E-state index in [1.54, 1.807) is 0 Å². The smallest absolute Gasteiger partial charge is 0.265 e. The van der Waals surface area contributed by atoms with Crippen LogP contribution in [-0.2, 0) is 14.9 Å². The minimum absolute atomic E-state index is 0.0472. The Morgan fingerprint density at radius 2 is 1.47 bits per heavy atom. The number of nitrogens with one attached hydrogen (secondary N) is 1. The maximum atomic E-state index is 12.0. The Bertz CT molecular complexity index is 613. The topological polar surface area (TPSA) is 127 Å². The van der Waals surface area contributed by atoms with Crippen LogP contribution in [0.3, 0.4) is 0 Å². The first-order valence-corrected chi connectivity index (χ1v) is 14.8. The lowest BCUT2D eigenvalue weighted by Gasteiger charge is -2.27. The molecule has 0 aliphatic heterocycles. The van der Waals surface area contributed by atoms with E-state index in [1.165, 1.54) is 62.7 Å². The van der Waals surface area contributed by atoms with Gasteiger partial charge in [0.05, 0.1) is 12.4 Å². The highest BCUT2D eigenvalue weighted by atomic mass is 32.2. The largest absolute Gasteiger partial charge is 0.395 e. The lowest BCUT2D eigenvalue weighted by molar-refractivity contribution is -0.121. The number of aliphatic hydroxyl groups is 2. The van der Waals surface area contributed by atoms with Crippen LogP contribution in [0.25, 0.3) is 0 Å². The van der Waals surface area contributed by atoms with Crippen LogP contribution in [0.2, 0.25) is 0 Å². The first-order valence-electron chi connectivity index (χ1n) is 13.2. The van der Waals surface area contributed by atoms with E-state index < -0.39 is 22.1 Å². The van der Waals surface area contributed by atoms with E-state index in [4.69, 9.17) is 9.66 Å². The molecule has 0 aliphatic rings. The Morgan fingerprint density at radius 3 is 2.03 bits per heavy atom. The number of rotatable bonds is 24. The molecule has 0 rings (SSSR count). The van der Waals surface area contributed by atoms with Gasteiger partial charge >= 0.3 is 0 Å². The molecule has 0 spiro atoms. The van der Waals surface area contributed by atoms with Crippen LogP contribution >= 0.6 is 0 Å². The molecule has 1 amide bonds. The SMILES string of the molecule is CCCCCCCC/C=C\CCCCCCCC(=O)NCCN(CCO)C(O)CCS(=O)(=O)O. The summed E-state index contributed by atoms with van der Waals surface area (Å²) in [5.74, 6) is -0.605. The van der Waals surface area contributed by atoms with E-state index in [1.807, 2.05) is 0 Å². The number of amides is 1. The summed E-state index contributed by atoms with van der Waals surface area (Å²) < 4.78 is 30.4. The van der Waals surface area contributed by atoms with Crippen molar-refractivity contribution in [3.05, 3.63) is 12.2 Å². The second-order valence-electron chi connectivity index (χ2n) is 9.00. The number of hydrogen-bond acceptors (Lipinski definition) is 6. The van der Waals surface area contributed by atoms with Gasteiger partial charge in [-0.1, -0.05) is 70.4 Å². The van der Waals surface area contributed by atoms with Gasteiger partial charge in [0, 0.05) is 32.5 Å². The summed E-state index contributed by atoms with van der Waals surface area (Å²) in [4.78, 5) is 13.5. The molecule has 0 saturated carbocycles. The normalized spacial score (nSPS) is 13.1. The summed E-state index contributed by atoms with van der Waals surface area (Å²) in [5, 5.41) is 22.0. The summed E-state index contributed by atoms with van der Waals surface area (Å²) in [7, 11) is -4.15. The standard InChI is InChI=1S/C25H50N2O6S/c1-2-3-4-5-6-7-8-9-10-11-12-13-14-15-16-17-24(29)26-19-20-27(21-22-28)25(30)18-23-34(31,32)33/h9-10,25,28,30H,2-8,11-23H2,1H3,(H,26,29)(H,31,32,33)/b10-9-. The molecule has 0 radical (unpaired) electrons. The third-order valence-electron chi connectivity index (χ3n) is 5.83. The Kier molecular flexibility index (Phi) is 21.8. The molecule has 8 nitrogen and oxygen atoms in total. The Morgan fingerprint density at radius 1 is 0.912 bits per heavy atom. The molecule has 0 aromatic carbocycles. The van der Waals surface area contributed by atoms with Gasteiger partial charge in [0.15, 0.2) is 0 Å². The van der Waals surface area contributed by atoms with Crippen LogP contribution in [0.1, 0.15) is 103 Å². The Hall–Kier alpha value is -1.00. The molecule has 0 aliphatic carbocycles. The van der Waals surface area contributed by atoms with Crippen LogP contribution in [0, 0.1) is 0 Å². The molecule has 202 valence electrons. The van der Waals surface area contributed by atoms with Crippen molar-refractivity contribution in [3.63, 3.8) is 0 Å². The van der Waals surface area contributed by atoms with Gasteiger partial charge < -0.3 is 15.5 Å². The highest BCUT2D eigenvalue weighted by Crippen LogP contribution is 2.10. The lowest BCUT2D eigenvalue weighted by atomic mass is 10.1. The maximum absolute atomic E-state index is 12.0. The van der Waals surface area contributed by atoms with Crippen molar-refractivity contribution in [1.29, 1.82) is 0 Å². The Balaban J connectivity index is 3.67. The third kappa shape index (κ3) is 22.8. The maximum Gasteiger partial charge on any atom is 0.265 e. The second kappa shape index (κ2) is 22.5. The zero-order valence-corrected chi connectivity index (χ0v) is 22.1. The van der Waals surface area contributed by atoms with E-state index in [2.05, 4.69) is 24.4 Å². The molecule has 34 heavy (non-hydrogen) atoms. The number of nitrogens with zero attached hydrogens (tertiary/aromatic N) is 1. The summed E-state index contributed by atoms with van der Waals surface area (Å²) in [5.41, 5.74) is 0. The second-order valence-corrected chi connectivity index (χ2v) is 10.6. The molecule has 0 aromatic rings. The minimum atomic E-state index is -4.15. The summed E-state index contributed by atoms with van der Waals surface area (Å²) in [6.45, 7) is 2.77. The van der Waals surface area contributed by atoms with Crippen molar-refractivity contribution in [1.82, 2.24) is 10.2 Å². The van der Waals surface area contributed by atoms with Gasteiger partial charge in [-0.3, -0.25) is 14.2 Å². The van der Waals surface area contributed by atoms with E-state index in [9.17, 15) is 18.3 Å². The number of unbranched alkanes of at least 4 members (excludes halogenated alkanes) is 11. The Labute approximate surface area is 207 Å². The number of allylic oxidation sites excluding steroid dienone is 2. The molecule has 0 aromatic heterocycles. The van der Waals surface area contributed by atoms with Crippen LogP contribution in [0.5, 0.6) is 0 Å². The zero-order chi connectivity index (χ0) is 25.5. The predicted octanol–water partition coefficient (Wildman–Crippen LogP) is 4.03. The molecular weight excluding hydrogens is 456 g/mol. The lowest BCUT2D eigenvalue weighted by Crippen LogP contribution is -2.43. The highest BCUT2D eigenvalue weighted by Gasteiger charge is 2.18. The molecule has 1 atom stereocenters. The van der Waals surface area contributed by atoms with Gasteiger partial charge in [-0.15, -0.1) is 0 Å². The average Bonchev–Trinajstić information content (AvgIpc) is 2.79. The zero-order valence-electron chi connectivity index (χ0n) is 21.3. The number of aliphatic hydroxyl groups excluding tert-OH is 2. The van der Waals surface area contributed by atoms with Gasteiger partial charge in [-0.05, 0) is 32.1 Å². The van der Waals surface area contributed by atoms with Crippen LogP contribution in [0.15, 0.2) is 12.2 Å². The molecule has 4 N–H and O–H groups in total. The fourth-order valence-corrected chi connectivity index (χ4v) is 4.27. The summed E-state index contributed by atoms with van der Waals surface area (Å²) >= 11 is 0. The van der Waals surface area contributed by atoms with Gasteiger partial charge in [0.2, 0.25) is 5.91 Å². The van der Waals surface area contributed by atoms with Crippen molar-refractivity contribution in [2.75, 3.05) is 32.0 Å². The molecule has 0 heterocycles. The average molecular weight is 507 g/mol. The van der Waals surface area contributed by atoms with Crippen molar-refractivity contribution in [2.45, 2.75) is 109 Å². The molecule has 0 fully saturated rings. The van der Waals surface area contributed by atoms with Crippen molar-refractivity contribution in [2.24, 2.45) is 0 Å². The quantitative estimate of drug-likeness (QED) is 0.0673. The van der Waals surface area contributed by atoms with Crippen LogP contribution < -0.4 is 5.32 Å². The van der Waals surface area contributed by atoms with Gasteiger partial charge in [-0.25, -0.2) is 0 Å². The fraction of sp³-hybridized carbons (Fsp3) is 0.880. The van der Waals surface area contributed by atoms with E-state index in [0.717, 1.165) is 25.7 Å². The monoisotopic (exact) mass is 506 g/mol. The molecule has 0 saturated heterocycles. The fourth-order valence-electron chi connectivity index (χ4n) is 3.76. The minimum Gasteiger partial charge on any atom is -0.395 e. The van der Waals surface area contributed by atoms with Crippen LogP contribution in [0.4, 0.5) is 0 Å². The number of carbonyl (C=O) groups is 1. The van der Waals surface area contributed by atoms with E-state index >= 15 is 0 Å². The third-order valence-corrected chi connectivity index (χ3v) is 6.58. The number of carbonyl (C=O) groups excluding carboxylic acids is 1. The van der Waals surface area contributed by atoms with Gasteiger partial charge in [-0.2, -0.15) is 8.42 Å². The highest BCUT2D eigenvalue weighted by molar-refractivity contribution is 7.85. The van der Waals surface area contributed by atoms with Crippen molar-refractivity contribution in [3.8, 4) is 0 Å². The van der Waals surface area contributed by atoms with E-state index in [-0.39, 0.29) is 32.0 Å². The first kappa shape index (κ1) is 33.0. The number of hydrogen-bond donors (Lipinski definition) is 4. The van der Waals surface area contributed by atoms with E-state index in [0.29, 0.717) is 13.0 Å². The molecular formula is C25H50N2O6S. The van der Waals surface area contributed by atoms with Crippen LogP contribution in [-0.4, -0.2) is 72.2 Å². The molecule has 1 unspecified atom stereocenters. The summed E-state index contributed by atoms with van der Waals surface area (Å²) in [6.07, 6.45) is 19.6.